The van der Waals surface area contributed by atoms with Crippen LogP contribution in [0.25, 0.3) is 27.9 Å². The van der Waals surface area contributed by atoms with Crippen molar-refractivity contribution in [2.75, 3.05) is 13.6 Å². The van der Waals surface area contributed by atoms with Gasteiger partial charge in [-0.05, 0) is 82.1 Å². The highest BCUT2D eigenvalue weighted by Gasteiger charge is 2.18. The summed E-state index contributed by atoms with van der Waals surface area (Å²) in [6.07, 6.45) is 10.2. The van der Waals surface area contributed by atoms with Crippen LogP contribution in [0.15, 0.2) is 55.1 Å². The Balaban J connectivity index is 0.000000186. The SMILES string of the molecule is CCNC1CC1.CNCc1cn[nH]c1.Cc1cc2ncc3ncc(-c4ccc(C)c(Cl)c4)n3c2cc1C. The van der Waals surface area contributed by atoms with Crippen LogP contribution in [0.2, 0.25) is 5.02 Å². The summed E-state index contributed by atoms with van der Waals surface area (Å²) < 4.78 is 2.15. The van der Waals surface area contributed by atoms with Gasteiger partial charge >= 0.3 is 0 Å². The Morgan fingerprint density at radius 3 is 2.41 bits per heavy atom. The fraction of sp³-hybridized carbons (Fsp3) is 0.345. The zero-order valence-electron chi connectivity index (χ0n) is 22.3. The molecule has 3 N–H and O–H groups in total. The molecule has 0 radical (unpaired) electrons. The summed E-state index contributed by atoms with van der Waals surface area (Å²) in [5.74, 6) is 0. The number of nitrogens with one attached hydrogen (secondary N) is 3. The lowest BCUT2D eigenvalue weighted by atomic mass is 10.1. The molecule has 1 aliphatic carbocycles. The predicted octanol–water partition coefficient (Wildman–Crippen LogP) is 6.02. The Kier molecular flexibility index (Phi) is 8.92. The van der Waals surface area contributed by atoms with Crippen LogP contribution in [-0.4, -0.2) is 44.2 Å². The van der Waals surface area contributed by atoms with Crippen molar-refractivity contribution in [3.63, 3.8) is 0 Å². The number of H-pyrrole nitrogens is 1. The molecule has 0 aliphatic heterocycles. The van der Waals surface area contributed by atoms with Gasteiger partial charge < -0.3 is 10.6 Å². The summed E-state index contributed by atoms with van der Waals surface area (Å²) in [5, 5.41) is 13.6. The van der Waals surface area contributed by atoms with E-state index in [0.717, 1.165) is 57.7 Å². The maximum Gasteiger partial charge on any atom is 0.156 e. The Hall–Kier alpha value is -3.26. The van der Waals surface area contributed by atoms with E-state index in [2.05, 4.69) is 74.2 Å². The number of nitrogens with zero attached hydrogens (tertiary/aromatic N) is 4. The van der Waals surface area contributed by atoms with Gasteiger partial charge in [-0.15, -0.1) is 0 Å². The van der Waals surface area contributed by atoms with E-state index in [1.165, 1.54) is 29.5 Å². The third-order valence-corrected chi connectivity index (χ3v) is 6.82. The van der Waals surface area contributed by atoms with E-state index in [-0.39, 0.29) is 0 Å². The van der Waals surface area contributed by atoms with Crippen molar-refractivity contribution >= 4 is 28.3 Å². The third-order valence-electron chi connectivity index (χ3n) is 6.41. The lowest BCUT2D eigenvalue weighted by Gasteiger charge is -2.09. The molecule has 37 heavy (non-hydrogen) atoms. The number of hydrogen-bond donors (Lipinski definition) is 3. The highest BCUT2D eigenvalue weighted by Crippen LogP contribution is 2.29. The van der Waals surface area contributed by atoms with E-state index in [1.54, 1.807) is 6.20 Å². The van der Waals surface area contributed by atoms with Crippen molar-refractivity contribution in [3.05, 3.63) is 82.4 Å². The third kappa shape index (κ3) is 6.74. The molecule has 2 aromatic carbocycles. The van der Waals surface area contributed by atoms with Gasteiger partial charge in [0.1, 0.15) is 0 Å². The summed E-state index contributed by atoms with van der Waals surface area (Å²) >= 11 is 6.30. The number of hydrogen-bond acceptors (Lipinski definition) is 5. The molecule has 194 valence electrons. The van der Waals surface area contributed by atoms with Gasteiger partial charge in [0.2, 0.25) is 0 Å². The molecular formula is C29H36ClN7. The first-order valence-corrected chi connectivity index (χ1v) is 13.1. The summed E-state index contributed by atoms with van der Waals surface area (Å²) in [6.45, 7) is 10.4. The number of rotatable bonds is 5. The van der Waals surface area contributed by atoms with Crippen molar-refractivity contribution in [2.45, 2.75) is 53.1 Å². The van der Waals surface area contributed by atoms with Gasteiger partial charge in [-0.2, -0.15) is 5.10 Å². The highest BCUT2D eigenvalue weighted by atomic mass is 35.5. The zero-order chi connectivity index (χ0) is 26.4. The number of aryl methyl sites for hydroxylation is 3. The van der Waals surface area contributed by atoms with E-state index in [9.17, 15) is 0 Å². The topological polar surface area (TPSA) is 82.9 Å². The second-order valence-corrected chi connectivity index (χ2v) is 9.86. The van der Waals surface area contributed by atoms with Crippen LogP contribution in [-0.2, 0) is 6.54 Å². The van der Waals surface area contributed by atoms with Gasteiger partial charge in [-0.25, -0.2) is 4.98 Å². The number of aromatic amines is 1. The summed E-state index contributed by atoms with van der Waals surface area (Å²) in [5.41, 5.74) is 9.70. The minimum atomic E-state index is 0.767. The average Bonchev–Trinajstić information content (AvgIpc) is 3.36. The molecule has 3 aromatic heterocycles. The fourth-order valence-electron chi connectivity index (χ4n) is 4.02. The number of fused-ring (bicyclic) bond motifs is 3. The molecule has 0 atom stereocenters. The molecule has 5 aromatic rings. The normalized spacial score (nSPS) is 12.7. The van der Waals surface area contributed by atoms with Gasteiger partial charge in [0, 0.05) is 34.9 Å². The maximum atomic E-state index is 6.30. The first kappa shape index (κ1) is 26.8. The number of imidazole rings is 1. The molecule has 8 heteroatoms. The van der Waals surface area contributed by atoms with Crippen LogP contribution in [0.4, 0.5) is 0 Å². The van der Waals surface area contributed by atoms with Crippen molar-refractivity contribution in [1.29, 1.82) is 0 Å². The van der Waals surface area contributed by atoms with Crippen molar-refractivity contribution < 1.29 is 0 Å². The van der Waals surface area contributed by atoms with Gasteiger partial charge in [0.05, 0.1) is 35.3 Å². The zero-order valence-corrected chi connectivity index (χ0v) is 23.0. The smallest absolute Gasteiger partial charge is 0.156 e. The van der Waals surface area contributed by atoms with Crippen LogP contribution in [0.3, 0.4) is 0 Å². The van der Waals surface area contributed by atoms with Gasteiger partial charge in [-0.1, -0.05) is 30.7 Å². The second kappa shape index (κ2) is 12.3. The lowest BCUT2D eigenvalue weighted by Crippen LogP contribution is -2.14. The van der Waals surface area contributed by atoms with Crippen molar-refractivity contribution in [2.24, 2.45) is 0 Å². The van der Waals surface area contributed by atoms with Crippen LogP contribution in [0, 0.1) is 20.8 Å². The predicted molar refractivity (Wildman–Crippen MR) is 153 cm³/mol. The average molecular weight is 518 g/mol. The van der Waals surface area contributed by atoms with Crippen LogP contribution >= 0.6 is 11.6 Å². The molecule has 0 bridgehead atoms. The lowest BCUT2D eigenvalue weighted by molar-refractivity contribution is 0.721. The van der Waals surface area contributed by atoms with Crippen molar-refractivity contribution in [3.8, 4) is 11.3 Å². The minimum absolute atomic E-state index is 0.767. The minimum Gasteiger partial charge on any atom is -0.316 e. The molecule has 6 rings (SSSR count). The molecule has 1 fully saturated rings. The van der Waals surface area contributed by atoms with E-state index in [1.807, 2.05) is 44.7 Å². The molecule has 0 amide bonds. The first-order chi connectivity index (χ1) is 17.9. The standard InChI is InChI=1S/C19H16ClN3.C5H9N3.C5H11N/c1-11-4-5-14(8-15(11)20)18-9-22-19-10-21-16-6-12(2)13(3)7-17(16)23(18)19;1-6-2-5-3-7-8-4-5;1-2-6-5-3-4-5/h4-10H,1-3H3;3-4,6H,2H2,1H3,(H,7,8);5-6H,2-4H2,1H3. The monoisotopic (exact) mass is 517 g/mol. The quantitative estimate of drug-likeness (QED) is 0.266. The Morgan fingerprint density at radius 2 is 1.78 bits per heavy atom. The summed E-state index contributed by atoms with van der Waals surface area (Å²) in [4.78, 5) is 9.05. The molecule has 1 aliphatic rings. The van der Waals surface area contributed by atoms with E-state index < -0.39 is 0 Å². The van der Waals surface area contributed by atoms with Crippen LogP contribution in [0.5, 0.6) is 0 Å². The fourth-order valence-corrected chi connectivity index (χ4v) is 4.20. The molecule has 0 saturated heterocycles. The molecular weight excluding hydrogens is 482 g/mol. The highest BCUT2D eigenvalue weighted by molar-refractivity contribution is 6.31. The summed E-state index contributed by atoms with van der Waals surface area (Å²) in [7, 11) is 1.91. The number of aromatic nitrogens is 5. The Labute approximate surface area is 223 Å². The van der Waals surface area contributed by atoms with Crippen molar-refractivity contribution in [1.82, 2.24) is 35.2 Å². The molecule has 0 spiro atoms. The van der Waals surface area contributed by atoms with E-state index in [4.69, 9.17) is 11.6 Å². The second-order valence-electron chi connectivity index (χ2n) is 9.45. The molecule has 1 saturated carbocycles. The molecule has 7 nitrogen and oxygen atoms in total. The van der Waals surface area contributed by atoms with Crippen LogP contribution < -0.4 is 10.6 Å². The largest absolute Gasteiger partial charge is 0.316 e. The number of halogens is 1. The van der Waals surface area contributed by atoms with E-state index >= 15 is 0 Å². The molecule has 3 heterocycles. The Bertz CT molecular complexity index is 1450. The van der Waals surface area contributed by atoms with Gasteiger partial charge in [-0.3, -0.25) is 14.5 Å². The maximum absolute atomic E-state index is 6.30. The van der Waals surface area contributed by atoms with Crippen LogP contribution in [0.1, 0.15) is 42.0 Å². The number of benzene rings is 2. The molecule has 0 unspecified atom stereocenters. The Morgan fingerprint density at radius 1 is 1.00 bits per heavy atom. The van der Waals surface area contributed by atoms with E-state index in [0.29, 0.717) is 0 Å². The first-order valence-electron chi connectivity index (χ1n) is 12.8. The van der Waals surface area contributed by atoms with Gasteiger partial charge in [0.25, 0.3) is 0 Å². The summed E-state index contributed by atoms with van der Waals surface area (Å²) in [6, 6.07) is 11.3. The van der Waals surface area contributed by atoms with Gasteiger partial charge in [0.15, 0.2) is 5.65 Å².